The minimum Gasteiger partial charge on any atom is -0.492 e. The molecule has 1 saturated heterocycles. The molecule has 1 aromatic carbocycles. The minimum atomic E-state index is 0.644. The molecular weight excluding hydrogens is 238 g/mol. The van der Waals surface area contributed by atoms with E-state index in [1.807, 2.05) is 19.1 Å². The van der Waals surface area contributed by atoms with Crippen molar-refractivity contribution in [1.29, 1.82) is 0 Å². The third-order valence-electron chi connectivity index (χ3n) is 3.69. The van der Waals surface area contributed by atoms with E-state index >= 15 is 0 Å². The molecule has 0 radical (unpaired) electrons. The fourth-order valence-electron chi connectivity index (χ4n) is 2.47. The molecule has 4 heteroatoms. The molecule has 1 heterocycles. The van der Waals surface area contributed by atoms with Gasteiger partial charge in [-0.2, -0.15) is 0 Å². The Kier molecular flexibility index (Phi) is 4.91. The van der Waals surface area contributed by atoms with Gasteiger partial charge in [-0.15, -0.1) is 0 Å². The average molecular weight is 263 g/mol. The summed E-state index contributed by atoms with van der Waals surface area (Å²) in [6.07, 6.45) is 2.69. The molecule has 0 aliphatic carbocycles. The predicted molar refractivity (Wildman–Crippen MR) is 81.0 cm³/mol. The van der Waals surface area contributed by atoms with Gasteiger partial charge >= 0.3 is 0 Å². The maximum Gasteiger partial charge on any atom is 0.144 e. The molecule has 1 aromatic rings. The van der Waals surface area contributed by atoms with Crippen LogP contribution in [0.4, 0.5) is 11.4 Å². The summed E-state index contributed by atoms with van der Waals surface area (Å²) in [6, 6.07) is 6.01. The van der Waals surface area contributed by atoms with E-state index in [-0.39, 0.29) is 0 Å². The lowest BCUT2D eigenvalue weighted by atomic mass is 10.2. The second-order valence-electron chi connectivity index (χ2n) is 5.13. The van der Waals surface area contributed by atoms with Gasteiger partial charge in [-0.25, -0.2) is 0 Å². The van der Waals surface area contributed by atoms with Crippen molar-refractivity contribution >= 4 is 11.4 Å². The molecule has 1 aliphatic rings. The highest BCUT2D eigenvalue weighted by atomic mass is 16.5. The van der Waals surface area contributed by atoms with Crippen molar-refractivity contribution in [1.82, 2.24) is 4.90 Å². The maximum absolute atomic E-state index is 5.90. The lowest BCUT2D eigenvalue weighted by molar-refractivity contribution is 0.341. The highest BCUT2D eigenvalue weighted by molar-refractivity contribution is 5.62. The molecule has 2 rings (SSSR count). The molecule has 0 amide bonds. The first kappa shape index (κ1) is 14.0. The van der Waals surface area contributed by atoms with Crippen LogP contribution in [0.1, 0.15) is 19.8 Å². The number of hydrogen-bond acceptors (Lipinski definition) is 4. The minimum absolute atomic E-state index is 0.644. The van der Waals surface area contributed by atoms with E-state index in [0.717, 1.165) is 24.5 Å². The van der Waals surface area contributed by atoms with Crippen LogP contribution in [-0.4, -0.2) is 44.7 Å². The number of anilines is 2. The van der Waals surface area contributed by atoms with Gasteiger partial charge in [-0.05, 0) is 45.0 Å². The van der Waals surface area contributed by atoms with Crippen LogP contribution in [0.15, 0.2) is 18.2 Å². The number of likely N-dealkylation sites (tertiary alicyclic amines) is 1. The number of hydrogen-bond donors (Lipinski definition) is 1. The number of benzene rings is 1. The van der Waals surface area contributed by atoms with Gasteiger partial charge in [-0.1, -0.05) is 0 Å². The Balaban J connectivity index is 1.93. The highest BCUT2D eigenvalue weighted by Gasteiger charge is 2.12. The monoisotopic (exact) mass is 263 g/mol. The smallest absolute Gasteiger partial charge is 0.144 e. The molecule has 0 atom stereocenters. The van der Waals surface area contributed by atoms with Crippen LogP contribution in [0.5, 0.6) is 5.75 Å². The zero-order chi connectivity index (χ0) is 13.7. The highest BCUT2D eigenvalue weighted by Crippen LogP contribution is 2.27. The van der Waals surface area contributed by atoms with Crippen molar-refractivity contribution in [3.05, 3.63) is 18.2 Å². The van der Waals surface area contributed by atoms with Gasteiger partial charge in [0, 0.05) is 31.9 Å². The third kappa shape index (κ3) is 3.77. The van der Waals surface area contributed by atoms with Crippen molar-refractivity contribution in [2.24, 2.45) is 0 Å². The Labute approximate surface area is 116 Å². The average Bonchev–Trinajstić information content (AvgIpc) is 2.92. The molecule has 19 heavy (non-hydrogen) atoms. The van der Waals surface area contributed by atoms with Gasteiger partial charge in [-0.3, -0.25) is 0 Å². The first-order valence-corrected chi connectivity index (χ1v) is 7.16. The number of nitrogen functional groups attached to an aromatic ring is 1. The first-order chi connectivity index (χ1) is 9.20. The number of likely N-dealkylation sites (N-methyl/N-ethyl adjacent to an activating group) is 1. The van der Waals surface area contributed by atoms with Crippen LogP contribution in [0.3, 0.4) is 0 Å². The molecule has 1 aliphatic heterocycles. The summed E-state index contributed by atoms with van der Waals surface area (Å²) >= 11 is 0. The second-order valence-corrected chi connectivity index (χ2v) is 5.13. The Morgan fingerprint density at radius 3 is 2.74 bits per heavy atom. The van der Waals surface area contributed by atoms with E-state index in [1.165, 1.54) is 25.9 Å². The van der Waals surface area contributed by atoms with Gasteiger partial charge in [0.05, 0.1) is 12.3 Å². The Morgan fingerprint density at radius 2 is 2.05 bits per heavy atom. The SMILES string of the molecule is CCOc1cc(N(C)CCN2CCCC2)ccc1N. The number of ether oxygens (including phenoxy) is 1. The number of nitrogens with two attached hydrogens (primary N) is 1. The topological polar surface area (TPSA) is 41.7 Å². The van der Waals surface area contributed by atoms with Crippen molar-refractivity contribution in [3.63, 3.8) is 0 Å². The number of rotatable bonds is 6. The molecule has 0 unspecified atom stereocenters. The zero-order valence-corrected chi connectivity index (χ0v) is 12.1. The van der Waals surface area contributed by atoms with Crippen molar-refractivity contribution in [2.75, 3.05) is 50.5 Å². The predicted octanol–water partition coefficient (Wildman–Crippen LogP) is 2.20. The van der Waals surface area contributed by atoms with Crippen LogP contribution in [0, 0.1) is 0 Å². The Hall–Kier alpha value is -1.42. The quantitative estimate of drug-likeness (QED) is 0.799. The van der Waals surface area contributed by atoms with Gasteiger partial charge in [0.15, 0.2) is 0 Å². The lowest BCUT2D eigenvalue weighted by Crippen LogP contribution is -2.31. The molecule has 0 saturated carbocycles. The second kappa shape index (κ2) is 6.66. The Bertz CT molecular complexity index is 402. The molecule has 1 fully saturated rings. The molecule has 0 aromatic heterocycles. The molecule has 2 N–H and O–H groups in total. The fourth-order valence-corrected chi connectivity index (χ4v) is 2.47. The largest absolute Gasteiger partial charge is 0.492 e. The summed E-state index contributed by atoms with van der Waals surface area (Å²) in [5.74, 6) is 0.785. The lowest BCUT2D eigenvalue weighted by Gasteiger charge is -2.24. The van der Waals surface area contributed by atoms with Crippen LogP contribution in [-0.2, 0) is 0 Å². The standard InChI is InChI=1S/C15H25N3O/c1-3-19-15-12-13(6-7-14(15)16)17(2)10-11-18-8-4-5-9-18/h6-7,12H,3-5,8-11,16H2,1-2H3. The molecule has 4 nitrogen and oxygen atoms in total. The number of nitrogens with zero attached hydrogens (tertiary/aromatic N) is 2. The van der Waals surface area contributed by atoms with E-state index < -0.39 is 0 Å². The van der Waals surface area contributed by atoms with Crippen molar-refractivity contribution < 1.29 is 4.74 Å². The summed E-state index contributed by atoms with van der Waals surface area (Å²) < 4.78 is 5.54. The van der Waals surface area contributed by atoms with Gasteiger partial charge in [0.25, 0.3) is 0 Å². The van der Waals surface area contributed by atoms with E-state index in [4.69, 9.17) is 10.5 Å². The van der Waals surface area contributed by atoms with E-state index in [9.17, 15) is 0 Å². The first-order valence-electron chi connectivity index (χ1n) is 7.16. The van der Waals surface area contributed by atoms with E-state index in [0.29, 0.717) is 12.3 Å². The third-order valence-corrected chi connectivity index (χ3v) is 3.69. The van der Waals surface area contributed by atoms with E-state index in [1.54, 1.807) is 0 Å². The maximum atomic E-state index is 5.90. The van der Waals surface area contributed by atoms with Crippen LogP contribution < -0.4 is 15.4 Å². The van der Waals surface area contributed by atoms with Crippen LogP contribution in [0.2, 0.25) is 0 Å². The Morgan fingerprint density at radius 1 is 1.32 bits per heavy atom. The zero-order valence-electron chi connectivity index (χ0n) is 12.1. The summed E-state index contributed by atoms with van der Waals surface area (Å²) in [6.45, 7) is 7.29. The van der Waals surface area contributed by atoms with Crippen molar-refractivity contribution in [3.8, 4) is 5.75 Å². The fraction of sp³-hybridized carbons (Fsp3) is 0.600. The molecule has 0 bridgehead atoms. The molecule has 0 spiro atoms. The van der Waals surface area contributed by atoms with E-state index in [2.05, 4.69) is 22.9 Å². The summed E-state index contributed by atoms with van der Waals surface area (Å²) in [5, 5.41) is 0. The summed E-state index contributed by atoms with van der Waals surface area (Å²) in [4.78, 5) is 4.79. The van der Waals surface area contributed by atoms with Crippen molar-refractivity contribution in [2.45, 2.75) is 19.8 Å². The van der Waals surface area contributed by atoms with Crippen LogP contribution in [0.25, 0.3) is 0 Å². The van der Waals surface area contributed by atoms with Gasteiger partial charge in [0.2, 0.25) is 0 Å². The van der Waals surface area contributed by atoms with Gasteiger partial charge in [0.1, 0.15) is 5.75 Å². The summed E-state index contributed by atoms with van der Waals surface area (Å²) in [5.41, 5.74) is 7.77. The summed E-state index contributed by atoms with van der Waals surface area (Å²) in [7, 11) is 2.12. The van der Waals surface area contributed by atoms with Crippen LogP contribution >= 0.6 is 0 Å². The molecule has 106 valence electrons. The van der Waals surface area contributed by atoms with Gasteiger partial charge < -0.3 is 20.3 Å². The molecular formula is C15H25N3O. The normalized spacial score (nSPS) is 15.7.